The Kier molecular flexibility index (Phi) is 8.49. The number of hydroxylamine groups is 1. The predicted octanol–water partition coefficient (Wildman–Crippen LogP) is 5.71. The van der Waals surface area contributed by atoms with Crippen molar-refractivity contribution in [2.75, 3.05) is 18.5 Å². The minimum Gasteiger partial charge on any atom is -0.767 e. The van der Waals surface area contributed by atoms with Gasteiger partial charge in [0, 0.05) is 25.6 Å². The van der Waals surface area contributed by atoms with Gasteiger partial charge in [-0.15, -0.1) is 0 Å². The first-order valence-corrected chi connectivity index (χ1v) is 12.5. The van der Waals surface area contributed by atoms with Gasteiger partial charge in [0.15, 0.2) is 0 Å². The highest BCUT2D eigenvalue weighted by atomic mass is 19.4. The molecule has 1 fully saturated rings. The van der Waals surface area contributed by atoms with E-state index in [1.165, 1.54) is 4.90 Å². The van der Waals surface area contributed by atoms with Gasteiger partial charge in [0.05, 0.1) is 16.8 Å². The molecule has 0 saturated carbocycles. The molecule has 2 heterocycles. The molecule has 2 aromatic rings. The summed E-state index contributed by atoms with van der Waals surface area (Å²) >= 11 is 0. The van der Waals surface area contributed by atoms with E-state index >= 15 is 0 Å². The zero-order chi connectivity index (χ0) is 29.2. The van der Waals surface area contributed by atoms with Crippen molar-refractivity contribution in [1.29, 1.82) is 0 Å². The number of carbonyl (C=O) groups excluding carboxylic acids is 1. The SMILES string of the molecule is O=C(O)[C@@H](Cc1cc(C(F)(F)F)cc(C(F)(F)F)c1)OC(=O)N1CCC(C2CCc3ccccc3NN2[O-])CC1. The van der Waals surface area contributed by atoms with Crippen LogP contribution in [0.3, 0.4) is 0 Å². The third kappa shape index (κ3) is 6.97. The number of hydrogen-bond acceptors (Lipinski definition) is 6. The molecule has 0 aromatic heterocycles. The van der Waals surface area contributed by atoms with Gasteiger partial charge in [0.25, 0.3) is 0 Å². The standard InChI is InChI=1S/C26H26F6N3O5/c27-25(28,29)18-11-15(12-19(14-18)26(30,31)32)13-22(23(36)37)40-24(38)34-9-7-17(8-10-34)21-6-5-16-3-1-2-4-20(16)33-35(21)39/h1-4,11-12,14,17,21-22,33H,5-10,13H2,(H,36,37)/q-1/t21?,22-/m1/s1. The number of nitrogens with zero attached hydrogens (tertiary/aromatic N) is 2. The largest absolute Gasteiger partial charge is 0.767 e. The number of para-hydroxylation sites is 1. The summed E-state index contributed by atoms with van der Waals surface area (Å²) in [5.74, 6) is -1.80. The molecule has 0 aliphatic carbocycles. The molecule has 1 amide bonds. The Morgan fingerprint density at radius 1 is 1.00 bits per heavy atom. The van der Waals surface area contributed by atoms with Gasteiger partial charge in [-0.2, -0.15) is 26.3 Å². The average Bonchev–Trinajstić information content (AvgIpc) is 3.05. The molecule has 4 rings (SSSR count). The highest BCUT2D eigenvalue weighted by Gasteiger charge is 2.38. The molecule has 0 spiro atoms. The van der Waals surface area contributed by atoms with Gasteiger partial charge >= 0.3 is 24.4 Å². The topological polar surface area (TPSA) is 105 Å². The van der Waals surface area contributed by atoms with Crippen molar-refractivity contribution in [3.8, 4) is 0 Å². The number of carboxylic acids is 1. The van der Waals surface area contributed by atoms with E-state index in [4.69, 9.17) is 4.74 Å². The summed E-state index contributed by atoms with van der Waals surface area (Å²) in [6, 6.07) is 7.80. The first kappa shape index (κ1) is 29.5. The van der Waals surface area contributed by atoms with Crippen LogP contribution in [0.25, 0.3) is 0 Å². The number of carbonyl (C=O) groups is 2. The average molecular weight is 574 g/mol. The van der Waals surface area contributed by atoms with Gasteiger partial charge in [-0.25, -0.2) is 9.59 Å². The molecule has 8 nitrogen and oxygen atoms in total. The molecule has 0 radical (unpaired) electrons. The first-order valence-electron chi connectivity index (χ1n) is 12.5. The number of piperidine rings is 1. The number of fused-ring (bicyclic) bond motifs is 1. The lowest BCUT2D eigenvalue weighted by atomic mass is 9.86. The van der Waals surface area contributed by atoms with Crippen LogP contribution in [0.4, 0.5) is 36.8 Å². The summed E-state index contributed by atoms with van der Waals surface area (Å²) in [6.45, 7) is 0.268. The van der Waals surface area contributed by atoms with Gasteiger partial charge in [-0.3, -0.25) is 5.17 Å². The zero-order valence-electron chi connectivity index (χ0n) is 21.0. The lowest BCUT2D eigenvalue weighted by Gasteiger charge is -2.43. The van der Waals surface area contributed by atoms with Crippen molar-refractivity contribution in [2.24, 2.45) is 5.92 Å². The van der Waals surface area contributed by atoms with Crippen LogP contribution in [0, 0.1) is 11.1 Å². The second-order valence-electron chi connectivity index (χ2n) is 9.85. The van der Waals surface area contributed by atoms with Crippen molar-refractivity contribution >= 4 is 17.7 Å². The third-order valence-electron chi connectivity index (χ3n) is 7.19. The number of hydrogen-bond donors (Lipinski definition) is 2. The third-order valence-corrected chi connectivity index (χ3v) is 7.19. The van der Waals surface area contributed by atoms with E-state index < -0.39 is 53.6 Å². The summed E-state index contributed by atoms with van der Waals surface area (Å²) in [6.07, 6.45) is -12.1. The highest BCUT2D eigenvalue weighted by molar-refractivity contribution is 5.77. The van der Waals surface area contributed by atoms with Crippen LogP contribution in [0.1, 0.15) is 41.5 Å². The molecule has 1 unspecified atom stereocenters. The number of halogens is 6. The minimum absolute atomic E-state index is 0.0685. The highest BCUT2D eigenvalue weighted by Crippen LogP contribution is 2.37. The normalized spacial score (nSPS) is 19.8. The number of aryl methyl sites for hydroxylation is 1. The van der Waals surface area contributed by atoms with Crippen LogP contribution in [-0.4, -0.2) is 52.5 Å². The lowest BCUT2D eigenvalue weighted by molar-refractivity contribution is -0.147. The summed E-state index contributed by atoms with van der Waals surface area (Å²) in [7, 11) is 0. The minimum atomic E-state index is -5.11. The summed E-state index contributed by atoms with van der Waals surface area (Å²) < 4.78 is 84.0. The van der Waals surface area contributed by atoms with E-state index in [9.17, 15) is 46.2 Å². The van der Waals surface area contributed by atoms with Gasteiger partial charge in [0.1, 0.15) is 0 Å². The summed E-state index contributed by atoms with van der Waals surface area (Å²) in [5, 5.41) is 23.1. The van der Waals surface area contributed by atoms with E-state index in [-0.39, 0.29) is 31.1 Å². The molecule has 0 bridgehead atoms. The van der Waals surface area contributed by atoms with E-state index in [0.29, 0.717) is 37.8 Å². The maximum absolute atomic E-state index is 13.2. The maximum atomic E-state index is 13.2. The van der Waals surface area contributed by atoms with Gasteiger partial charge in [0.2, 0.25) is 6.10 Å². The van der Waals surface area contributed by atoms with E-state index in [0.717, 1.165) is 16.4 Å². The molecule has 1 saturated heterocycles. The summed E-state index contributed by atoms with van der Waals surface area (Å²) in [5.41, 5.74) is 0.797. The van der Waals surface area contributed by atoms with E-state index in [2.05, 4.69) is 5.43 Å². The first-order chi connectivity index (χ1) is 18.7. The molecule has 2 aliphatic heterocycles. The number of anilines is 1. The fourth-order valence-electron chi connectivity index (χ4n) is 5.09. The van der Waals surface area contributed by atoms with E-state index in [1.54, 1.807) is 0 Å². The van der Waals surface area contributed by atoms with Gasteiger partial charge < -0.3 is 25.4 Å². The number of aliphatic carboxylic acids is 1. The summed E-state index contributed by atoms with van der Waals surface area (Å²) in [4.78, 5) is 25.6. The predicted molar refractivity (Wildman–Crippen MR) is 130 cm³/mol. The van der Waals surface area contributed by atoms with Gasteiger partial charge in [-0.05, 0) is 67.0 Å². The fraction of sp³-hybridized carbons (Fsp3) is 0.462. The molecule has 14 heteroatoms. The number of nitrogens with one attached hydrogen (secondary N) is 1. The van der Waals surface area contributed by atoms with E-state index in [1.807, 2.05) is 24.3 Å². The fourth-order valence-corrected chi connectivity index (χ4v) is 5.09. The van der Waals surface area contributed by atoms with Crippen LogP contribution in [0.15, 0.2) is 42.5 Å². The number of carboxylic acid groups (broad SMARTS) is 1. The molecule has 218 valence electrons. The second kappa shape index (κ2) is 11.5. The molecule has 2 atom stereocenters. The number of rotatable bonds is 5. The number of amides is 1. The number of hydrazine groups is 1. The quantitative estimate of drug-likeness (QED) is 0.441. The van der Waals surface area contributed by atoms with Crippen LogP contribution in [0.5, 0.6) is 0 Å². The van der Waals surface area contributed by atoms with Crippen LogP contribution >= 0.6 is 0 Å². The van der Waals surface area contributed by atoms with Crippen LogP contribution in [0.2, 0.25) is 0 Å². The molecular weight excluding hydrogens is 548 g/mol. The van der Waals surface area contributed by atoms with Crippen molar-refractivity contribution < 1.29 is 45.8 Å². The second-order valence-corrected chi connectivity index (χ2v) is 9.85. The Labute approximate surface area is 225 Å². The Balaban J connectivity index is 1.39. The van der Waals surface area contributed by atoms with Gasteiger partial charge in [-0.1, -0.05) is 18.2 Å². The molecule has 2 aromatic carbocycles. The Morgan fingerprint density at radius 3 is 2.17 bits per heavy atom. The lowest BCUT2D eigenvalue weighted by Crippen LogP contribution is -2.47. The monoisotopic (exact) mass is 574 g/mol. The molecule has 2 aliphatic rings. The Bertz CT molecular complexity index is 1200. The Hall–Kier alpha value is -3.52. The van der Waals surface area contributed by atoms with Crippen LogP contribution < -0.4 is 5.43 Å². The van der Waals surface area contributed by atoms with Crippen molar-refractivity contribution in [3.05, 3.63) is 69.9 Å². The number of benzene rings is 2. The number of ether oxygens (including phenoxy) is 1. The molecule has 2 N–H and O–H groups in total. The maximum Gasteiger partial charge on any atom is 0.416 e. The molecular formula is C26H26F6N3O5-. The van der Waals surface area contributed by atoms with Crippen molar-refractivity contribution in [1.82, 2.24) is 10.1 Å². The smallest absolute Gasteiger partial charge is 0.416 e. The Morgan fingerprint density at radius 2 is 1.60 bits per heavy atom. The number of alkyl halides is 6. The number of likely N-dealkylation sites (tertiary alicyclic amines) is 1. The molecule has 40 heavy (non-hydrogen) atoms. The van der Waals surface area contributed by atoms with Crippen molar-refractivity contribution in [2.45, 2.75) is 56.6 Å². The zero-order valence-corrected chi connectivity index (χ0v) is 21.0. The van der Waals surface area contributed by atoms with Crippen molar-refractivity contribution in [3.63, 3.8) is 0 Å². The van der Waals surface area contributed by atoms with Crippen LogP contribution in [-0.2, 0) is 34.7 Å².